The molecule has 1 aliphatic heterocycles. The van der Waals surface area contributed by atoms with Crippen molar-refractivity contribution in [1.29, 1.82) is 0 Å². The molecule has 5 aromatic carbocycles. The number of nitrogens with one attached hydrogen (secondary N) is 1. The summed E-state index contributed by atoms with van der Waals surface area (Å²) < 4.78 is 1.35. The van der Waals surface area contributed by atoms with E-state index in [1.165, 1.54) is 59.5 Å². The fourth-order valence-corrected chi connectivity index (χ4v) is 8.42. The van der Waals surface area contributed by atoms with Gasteiger partial charge in [-0.15, -0.1) is 11.3 Å². The topological polar surface area (TPSA) is 24.4 Å². The number of rotatable bonds is 1. The SMILES string of the molecule is c1ccc2c(c1)N=C(c1cccc3c1-c1ccccc1C31c3ccccc3-c3sc4ccccc4c31)CN2. The average Bonchev–Trinajstić information content (AvgIpc) is 3.60. The van der Waals surface area contributed by atoms with Gasteiger partial charge in [0.25, 0.3) is 0 Å². The van der Waals surface area contributed by atoms with E-state index in [2.05, 4.69) is 121 Å². The van der Waals surface area contributed by atoms with Gasteiger partial charge in [-0.05, 0) is 62.5 Å². The van der Waals surface area contributed by atoms with Crippen molar-refractivity contribution < 1.29 is 0 Å². The maximum Gasteiger partial charge on any atom is 0.0865 e. The third-order valence-electron chi connectivity index (χ3n) is 8.53. The van der Waals surface area contributed by atoms with E-state index in [-0.39, 0.29) is 5.41 Å². The smallest absolute Gasteiger partial charge is 0.0865 e. The molecular weight excluding hydrogens is 480 g/mol. The first-order valence-electron chi connectivity index (χ1n) is 13.1. The van der Waals surface area contributed by atoms with Gasteiger partial charge in [-0.25, -0.2) is 4.99 Å². The minimum Gasteiger partial charge on any atom is -0.378 e. The molecule has 38 heavy (non-hydrogen) atoms. The zero-order valence-corrected chi connectivity index (χ0v) is 21.3. The molecule has 1 N–H and O–H groups in total. The molecule has 0 radical (unpaired) electrons. The maximum atomic E-state index is 5.17. The third-order valence-corrected chi connectivity index (χ3v) is 9.74. The van der Waals surface area contributed by atoms with Gasteiger partial charge < -0.3 is 5.32 Å². The summed E-state index contributed by atoms with van der Waals surface area (Å²) in [6.45, 7) is 0.714. The predicted molar refractivity (Wildman–Crippen MR) is 159 cm³/mol. The highest BCUT2D eigenvalue weighted by atomic mass is 32.1. The first-order valence-corrected chi connectivity index (χ1v) is 13.9. The van der Waals surface area contributed by atoms with Crippen LogP contribution in [0.3, 0.4) is 0 Å². The standard InChI is InChI=1S/C35H22N2S/c1-4-14-25-21(10-1)32-23(30-20-36-28-17-6-7-18-29(28)37-30)13-9-16-27(32)35(25)26-15-5-2-11-22(26)34-33(35)24-12-3-8-19-31(24)38-34/h1-19,36H,20H2. The highest BCUT2D eigenvalue weighted by Crippen LogP contribution is 2.66. The molecule has 0 saturated heterocycles. The second-order valence-electron chi connectivity index (χ2n) is 10.3. The van der Waals surface area contributed by atoms with Crippen LogP contribution >= 0.6 is 11.3 Å². The summed E-state index contributed by atoms with van der Waals surface area (Å²) >= 11 is 1.93. The molecule has 0 bridgehead atoms. The molecule has 2 nitrogen and oxygen atoms in total. The van der Waals surface area contributed by atoms with Crippen LogP contribution in [0, 0.1) is 0 Å². The van der Waals surface area contributed by atoms with Gasteiger partial charge in [0.2, 0.25) is 0 Å². The Hall–Kier alpha value is -4.47. The van der Waals surface area contributed by atoms with Crippen molar-refractivity contribution in [2.24, 2.45) is 4.99 Å². The molecule has 3 aliphatic rings. The number of anilines is 1. The van der Waals surface area contributed by atoms with Crippen LogP contribution in [0.1, 0.15) is 27.8 Å². The molecule has 6 aromatic rings. The van der Waals surface area contributed by atoms with Gasteiger partial charge in [-0.1, -0.05) is 97.1 Å². The molecule has 0 amide bonds. The first-order chi connectivity index (χ1) is 18.9. The molecule has 2 heterocycles. The summed E-state index contributed by atoms with van der Waals surface area (Å²) in [4.78, 5) is 6.57. The molecule has 1 spiro atoms. The van der Waals surface area contributed by atoms with Crippen molar-refractivity contribution in [3.05, 3.63) is 143 Å². The maximum absolute atomic E-state index is 5.17. The van der Waals surface area contributed by atoms with Crippen LogP contribution in [-0.2, 0) is 5.41 Å². The number of benzene rings is 5. The van der Waals surface area contributed by atoms with Crippen molar-refractivity contribution in [2.75, 3.05) is 11.9 Å². The fourth-order valence-electron chi connectivity index (χ4n) is 7.12. The summed E-state index contributed by atoms with van der Waals surface area (Å²) in [6, 6.07) is 42.2. The molecule has 178 valence electrons. The van der Waals surface area contributed by atoms with Crippen molar-refractivity contribution in [1.82, 2.24) is 0 Å². The first kappa shape index (κ1) is 20.6. The summed E-state index contributed by atoms with van der Waals surface area (Å²) in [5, 5.41) is 4.97. The highest BCUT2D eigenvalue weighted by molar-refractivity contribution is 7.22. The van der Waals surface area contributed by atoms with E-state index < -0.39 is 0 Å². The Morgan fingerprint density at radius 2 is 1.32 bits per heavy atom. The van der Waals surface area contributed by atoms with Gasteiger partial charge in [0.1, 0.15) is 0 Å². The van der Waals surface area contributed by atoms with Crippen LogP contribution < -0.4 is 5.32 Å². The summed E-state index contributed by atoms with van der Waals surface area (Å²) in [5.74, 6) is 0. The number of nitrogens with zero attached hydrogens (tertiary/aromatic N) is 1. The molecule has 1 unspecified atom stereocenters. The van der Waals surface area contributed by atoms with E-state index in [9.17, 15) is 0 Å². The van der Waals surface area contributed by atoms with Crippen molar-refractivity contribution in [3.8, 4) is 21.6 Å². The Bertz CT molecular complexity index is 2000. The predicted octanol–water partition coefficient (Wildman–Crippen LogP) is 8.79. The number of fused-ring (bicyclic) bond motifs is 13. The minimum atomic E-state index is -0.339. The number of hydrogen-bond acceptors (Lipinski definition) is 3. The van der Waals surface area contributed by atoms with Gasteiger partial charge in [-0.3, -0.25) is 0 Å². The third kappa shape index (κ3) is 2.41. The normalized spacial score (nSPS) is 17.8. The molecule has 9 rings (SSSR count). The van der Waals surface area contributed by atoms with E-state index in [0.29, 0.717) is 6.54 Å². The lowest BCUT2D eigenvalue weighted by atomic mass is 9.70. The Kier molecular flexibility index (Phi) is 3.96. The van der Waals surface area contributed by atoms with Crippen LogP contribution in [0.25, 0.3) is 31.7 Å². The Morgan fingerprint density at radius 3 is 2.24 bits per heavy atom. The Morgan fingerprint density at radius 1 is 0.632 bits per heavy atom. The number of thiophene rings is 1. The molecule has 0 fully saturated rings. The van der Waals surface area contributed by atoms with Gasteiger partial charge in [0.05, 0.1) is 29.0 Å². The van der Waals surface area contributed by atoms with Crippen LogP contribution in [0.15, 0.2) is 120 Å². The van der Waals surface area contributed by atoms with E-state index >= 15 is 0 Å². The summed E-state index contributed by atoms with van der Waals surface area (Å²) in [7, 11) is 0. The zero-order valence-electron chi connectivity index (χ0n) is 20.5. The van der Waals surface area contributed by atoms with Gasteiger partial charge in [0, 0.05) is 15.1 Å². The number of aliphatic imine (C=N–C) groups is 1. The van der Waals surface area contributed by atoms with Gasteiger partial charge >= 0.3 is 0 Å². The quantitative estimate of drug-likeness (QED) is 0.238. The van der Waals surface area contributed by atoms with Gasteiger partial charge in [0.15, 0.2) is 0 Å². The molecule has 0 saturated carbocycles. The lowest BCUT2D eigenvalue weighted by Gasteiger charge is -2.30. The second-order valence-corrected chi connectivity index (χ2v) is 11.4. The minimum absolute atomic E-state index is 0.339. The van der Waals surface area contributed by atoms with Gasteiger partial charge in [-0.2, -0.15) is 0 Å². The Balaban J connectivity index is 1.42. The lowest BCUT2D eigenvalue weighted by Crippen LogP contribution is -2.26. The molecule has 2 aliphatic carbocycles. The average molecular weight is 503 g/mol. The summed E-state index contributed by atoms with van der Waals surface area (Å²) in [5.41, 5.74) is 13.7. The van der Waals surface area contributed by atoms with E-state index in [4.69, 9.17) is 4.99 Å². The zero-order chi connectivity index (χ0) is 24.8. The van der Waals surface area contributed by atoms with E-state index in [1.54, 1.807) is 0 Å². The van der Waals surface area contributed by atoms with Crippen molar-refractivity contribution in [3.63, 3.8) is 0 Å². The Labute approximate surface area is 225 Å². The van der Waals surface area contributed by atoms with Crippen LogP contribution in [0.2, 0.25) is 0 Å². The molecule has 3 heteroatoms. The van der Waals surface area contributed by atoms with Crippen LogP contribution in [-0.4, -0.2) is 12.3 Å². The number of hydrogen-bond donors (Lipinski definition) is 1. The van der Waals surface area contributed by atoms with E-state index in [0.717, 1.165) is 17.1 Å². The highest BCUT2D eigenvalue weighted by Gasteiger charge is 2.53. The van der Waals surface area contributed by atoms with Crippen molar-refractivity contribution in [2.45, 2.75) is 5.41 Å². The van der Waals surface area contributed by atoms with Crippen molar-refractivity contribution >= 4 is 38.5 Å². The second kappa shape index (κ2) is 7.31. The fraction of sp³-hybridized carbons (Fsp3) is 0.0571. The lowest BCUT2D eigenvalue weighted by molar-refractivity contribution is 0.802. The van der Waals surface area contributed by atoms with Crippen LogP contribution in [0.5, 0.6) is 0 Å². The van der Waals surface area contributed by atoms with Crippen LogP contribution in [0.4, 0.5) is 11.4 Å². The molecular formula is C35H22N2S. The summed E-state index contributed by atoms with van der Waals surface area (Å²) in [6.07, 6.45) is 0. The molecule has 1 atom stereocenters. The molecule has 1 aromatic heterocycles. The van der Waals surface area contributed by atoms with E-state index in [1.807, 2.05) is 11.3 Å². The number of para-hydroxylation sites is 2. The monoisotopic (exact) mass is 502 g/mol. The largest absolute Gasteiger partial charge is 0.378 e.